The average Bonchev–Trinajstić information content (AvgIpc) is 2.30. The number of aliphatic hydroxyl groups is 1. The number of para-hydroxylation sites is 2. The predicted octanol–water partition coefficient (Wildman–Crippen LogP) is 2.43. The quantitative estimate of drug-likeness (QED) is 0.873. The van der Waals surface area contributed by atoms with Gasteiger partial charge in [-0.15, -0.1) is 0 Å². The first-order chi connectivity index (χ1) is 8.16. The number of piperidine rings is 1. The number of anilines is 1. The maximum absolute atomic E-state index is 9.53. The van der Waals surface area contributed by atoms with Crippen LogP contribution in [0.2, 0.25) is 0 Å². The van der Waals surface area contributed by atoms with Gasteiger partial charge in [-0.1, -0.05) is 12.1 Å². The molecule has 0 saturated carbocycles. The van der Waals surface area contributed by atoms with Crippen LogP contribution in [0.4, 0.5) is 5.69 Å². The minimum Gasteiger partial charge on any atom is -0.489 e. The van der Waals surface area contributed by atoms with E-state index in [4.69, 9.17) is 4.74 Å². The summed E-state index contributed by atoms with van der Waals surface area (Å²) in [5.41, 5.74) is 1.15. The summed E-state index contributed by atoms with van der Waals surface area (Å²) in [5, 5.41) is 9.53. The van der Waals surface area contributed by atoms with E-state index in [0.717, 1.165) is 37.4 Å². The van der Waals surface area contributed by atoms with Gasteiger partial charge in [0.2, 0.25) is 0 Å². The van der Waals surface area contributed by atoms with E-state index in [1.165, 1.54) is 0 Å². The summed E-state index contributed by atoms with van der Waals surface area (Å²) in [6.45, 7) is 5.88. The Morgan fingerprint density at radius 1 is 1.24 bits per heavy atom. The van der Waals surface area contributed by atoms with E-state index in [1.54, 1.807) is 0 Å². The van der Waals surface area contributed by atoms with E-state index in [2.05, 4.69) is 11.0 Å². The smallest absolute Gasteiger partial charge is 0.142 e. The highest BCUT2D eigenvalue weighted by Gasteiger charge is 2.19. The maximum atomic E-state index is 9.53. The van der Waals surface area contributed by atoms with Crippen LogP contribution >= 0.6 is 0 Å². The van der Waals surface area contributed by atoms with Crippen LogP contribution in [0.1, 0.15) is 26.7 Å². The zero-order valence-corrected chi connectivity index (χ0v) is 10.6. The van der Waals surface area contributed by atoms with Crippen LogP contribution in [0.3, 0.4) is 0 Å². The molecule has 1 aliphatic heterocycles. The molecule has 0 amide bonds. The molecule has 1 fully saturated rings. The highest BCUT2D eigenvalue weighted by atomic mass is 16.5. The lowest BCUT2D eigenvalue weighted by Crippen LogP contribution is -2.36. The van der Waals surface area contributed by atoms with Crippen molar-refractivity contribution in [3.05, 3.63) is 24.3 Å². The van der Waals surface area contributed by atoms with Crippen molar-refractivity contribution in [3.8, 4) is 5.75 Å². The van der Waals surface area contributed by atoms with E-state index < -0.39 is 0 Å². The summed E-state index contributed by atoms with van der Waals surface area (Å²) in [4.78, 5) is 2.30. The fourth-order valence-electron chi connectivity index (χ4n) is 2.18. The van der Waals surface area contributed by atoms with Gasteiger partial charge in [-0.05, 0) is 38.8 Å². The molecular weight excluding hydrogens is 214 g/mol. The first-order valence-electron chi connectivity index (χ1n) is 6.35. The third-order valence-electron chi connectivity index (χ3n) is 3.03. The molecule has 3 heteroatoms. The van der Waals surface area contributed by atoms with E-state index in [-0.39, 0.29) is 12.2 Å². The molecule has 0 bridgehead atoms. The first kappa shape index (κ1) is 12.2. The minimum absolute atomic E-state index is 0.135. The molecule has 0 unspecified atom stereocenters. The number of hydrogen-bond donors (Lipinski definition) is 1. The monoisotopic (exact) mass is 235 g/mol. The molecule has 1 N–H and O–H groups in total. The van der Waals surface area contributed by atoms with Gasteiger partial charge in [0.15, 0.2) is 0 Å². The van der Waals surface area contributed by atoms with Crippen molar-refractivity contribution < 1.29 is 9.84 Å². The van der Waals surface area contributed by atoms with Crippen LogP contribution in [0.15, 0.2) is 24.3 Å². The van der Waals surface area contributed by atoms with Gasteiger partial charge in [-0.3, -0.25) is 0 Å². The molecular formula is C14H21NO2. The van der Waals surface area contributed by atoms with Gasteiger partial charge >= 0.3 is 0 Å². The van der Waals surface area contributed by atoms with Gasteiger partial charge in [-0.25, -0.2) is 0 Å². The minimum atomic E-state index is -0.135. The molecule has 1 aromatic rings. The molecule has 1 aromatic carbocycles. The van der Waals surface area contributed by atoms with E-state index in [9.17, 15) is 5.11 Å². The molecule has 0 radical (unpaired) electrons. The maximum Gasteiger partial charge on any atom is 0.142 e. The topological polar surface area (TPSA) is 32.7 Å². The summed E-state index contributed by atoms with van der Waals surface area (Å²) in [5.74, 6) is 0.943. The lowest BCUT2D eigenvalue weighted by molar-refractivity contribution is 0.145. The Kier molecular flexibility index (Phi) is 3.89. The second-order valence-electron chi connectivity index (χ2n) is 4.85. The molecule has 3 nitrogen and oxygen atoms in total. The van der Waals surface area contributed by atoms with Crippen LogP contribution in [0, 0.1) is 0 Å². The zero-order chi connectivity index (χ0) is 12.3. The van der Waals surface area contributed by atoms with Crippen molar-refractivity contribution >= 4 is 5.69 Å². The van der Waals surface area contributed by atoms with Crippen molar-refractivity contribution in [2.45, 2.75) is 38.9 Å². The molecule has 1 aliphatic rings. The Morgan fingerprint density at radius 3 is 2.53 bits per heavy atom. The van der Waals surface area contributed by atoms with Crippen molar-refractivity contribution in [1.29, 1.82) is 0 Å². The van der Waals surface area contributed by atoms with Crippen LogP contribution in [-0.2, 0) is 0 Å². The number of nitrogens with zero attached hydrogens (tertiary/aromatic N) is 1. The molecule has 1 saturated heterocycles. The third-order valence-corrected chi connectivity index (χ3v) is 3.03. The fourth-order valence-corrected chi connectivity index (χ4v) is 2.18. The Hall–Kier alpha value is -1.22. The molecule has 0 aromatic heterocycles. The van der Waals surface area contributed by atoms with E-state index >= 15 is 0 Å². The summed E-state index contributed by atoms with van der Waals surface area (Å²) in [6, 6.07) is 8.14. The van der Waals surface area contributed by atoms with E-state index in [0.29, 0.717) is 0 Å². The molecule has 17 heavy (non-hydrogen) atoms. The number of ether oxygens (including phenoxy) is 1. The molecule has 0 aliphatic carbocycles. The van der Waals surface area contributed by atoms with Gasteiger partial charge in [0.25, 0.3) is 0 Å². The molecule has 0 spiro atoms. The molecule has 0 atom stereocenters. The SMILES string of the molecule is CC(C)Oc1ccccc1N1CCC(O)CC1. The van der Waals surface area contributed by atoms with Crippen LogP contribution in [-0.4, -0.2) is 30.4 Å². The number of benzene rings is 1. The second kappa shape index (κ2) is 5.41. The summed E-state index contributed by atoms with van der Waals surface area (Å²) >= 11 is 0. The van der Waals surface area contributed by atoms with Crippen molar-refractivity contribution in [2.75, 3.05) is 18.0 Å². The lowest BCUT2D eigenvalue weighted by atomic mass is 10.1. The van der Waals surface area contributed by atoms with E-state index in [1.807, 2.05) is 32.0 Å². The highest BCUT2D eigenvalue weighted by Crippen LogP contribution is 2.30. The largest absolute Gasteiger partial charge is 0.489 e. The number of aliphatic hydroxyl groups excluding tert-OH is 1. The molecule has 2 rings (SSSR count). The van der Waals surface area contributed by atoms with Crippen molar-refractivity contribution in [2.24, 2.45) is 0 Å². The first-order valence-corrected chi connectivity index (χ1v) is 6.35. The second-order valence-corrected chi connectivity index (χ2v) is 4.85. The van der Waals surface area contributed by atoms with Crippen LogP contribution in [0.25, 0.3) is 0 Å². The van der Waals surface area contributed by atoms with Crippen LogP contribution in [0.5, 0.6) is 5.75 Å². The summed E-state index contributed by atoms with van der Waals surface area (Å²) in [7, 11) is 0. The Bertz CT molecular complexity index is 357. The van der Waals surface area contributed by atoms with Gasteiger partial charge < -0.3 is 14.7 Å². The lowest BCUT2D eigenvalue weighted by Gasteiger charge is -2.32. The van der Waals surface area contributed by atoms with Gasteiger partial charge in [0.1, 0.15) is 5.75 Å². The number of rotatable bonds is 3. The van der Waals surface area contributed by atoms with Gasteiger partial charge in [0, 0.05) is 13.1 Å². The average molecular weight is 235 g/mol. The number of hydrogen-bond acceptors (Lipinski definition) is 3. The van der Waals surface area contributed by atoms with Gasteiger partial charge in [-0.2, -0.15) is 0 Å². The van der Waals surface area contributed by atoms with Gasteiger partial charge in [0.05, 0.1) is 17.9 Å². The Balaban J connectivity index is 2.14. The van der Waals surface area contributed by atoms with Crippen molar-refractivity contribution in [1.82, 2.24) is 0 Å². The summed E-state index contributed by atoms with van der Waals surface area (Å²) < 4.78 is 5.82. The predicted molar refractivity (Wildman–Crippen MR) is 69.7 cm³/mol. The molecule has 94 valence electrons. The molecule has 1 heterocycles. The van der Waals surface area contributed by atoms with Crippen molar-refractivity contribution in [3.63, 3.8) is 0 Å². The third kappa shape index (κ3) is 3.13. The fraction of sp³-hybridized carbons (Fsp3) is 0.571. The standard InChI is InChI=1S/C14H21NO2/c1-11(2)17-14-6-4-3-5-13(14)15-9-7-12(16)8-10-15/h3-6,11-12,16H,7-10H2,1-2H3. The Labute approximate surface area is 103 Å². The Morgan fingerprint density at radius 2 is 1.88 bits per heavy atom. The summed E-state index contributed by atoms with van der Waals surface area (Å²) in [6.07, 6.45) is 1.74. The highest BCUT2D eigenvalue weighted by molar-refractivity contribution is 5.58. The zero-order valence-electron chi connectivity index (χ0n) is 10.6. The van der Waals surface area contributed by atoms with Crippen LogP contribution < -0.4 is 9.64 Å². The normalized spacial score (nSPS) is 17.5.